The van der Waals surface area contributed by atoms with Gasteiger partial charge in [-0.1, -0.05) is 233 Å². The molecule has 0 bridgehead atoms. The first-order chi connectivity index (χ1) is 27.1. The molecule has 0 rings (SSSR count). The minimum absolute atomic E-state index is 0. The van der Waals surface area contributed by atoms with Crippen molar-refractivity contribution in [1.29, 1.82) is 0 Å². The van der Waals surface area contributed by atoms with Crippen molar-refractivity contribution >= 4 is 23.9 Å². The van der Waals surface area contributed by atoms with Gasteiger partial charge in [0, 0.05) is 47.4 Å². The average Bonchev–Trinajstić information content (AvgIpc) is 3.15. The van der Waals surface area contributed by atoms with Crippen molar-refractivity contribution in [3.8, 4) is 0 Å². The van der Waals surface area contributed by atoms with Gasteiger partial charge >= 0.3 is 23.9 Å². The molecule has 0 radical (unpaired) electrons. The molecule has 57 heavy (non-hydrogen) atoms. The molecule has 340 valence electrons. The molecule has 0 atom stereocenters. The summed E-state index contributed by atoms with van der Waals surface area (Å²) in [6.45, 7) is 8.91. The van der Waals surface area contributed by atoms with Gasteiger partial charge in [-0.3, -0.25) is 19.2 Å². The Bertz CT molecular complexity index is 664. The van der Waals surface area contributed by atoms with Crippen molar-refractivity contribution in [3.63, 3.8) is 0 Å². The van der Waals surface area contributed by atoms with Crippen LogP contribution in [0.5, 0.6) is 0 Å². The topological polar surface area (TPSA) is 149 Å². The van der Waals surface area contributed by atoms with Crippen LogP contribution in [0, 0.1) is 0 Å². The molecule has 0 fully saturated rings. The summed E-state index contributed by atoms with van der Waals surface area (Å²) in [4.78, 5) is 40.8. The molecule has 0 aromatic heterocycles. The van der Waals surface area contributed by atoms with Gasteiger partial charge in [0.2, 0.25) is 0 Å². The van der Waals surface area contributed by atoms with Crippen molar-refractivity contribution in [2.75, 3.05) is 0 Å². The van der Waals surface area contributed by atoms with Crippen molar-refractivity contribution in [2.24, 2.45) is 0 Å². The molecule has 0 heterocycles. The molecule has 9 heteroatoms. The van der Waals surface area contributed by atoms with Gasteiger partial charge in [0.25, 0.3) is 0 Å². The van der Waals surface area contributed by atoms with Gasteiger partial charge in [0.05, 0.1) is 0 Å². The zero-order valence-corrected chi connectivity index (χ0v) is 39.8. The summed E-state index contributed by atoms with van der Waals surface area (Å²) < 4.78 is 0. The van der Waals surface area contributed by atoms with E-state index in [0.717, 1.165) is 51.4 Å². The molecule has 0 aromatic carbocycles. The van der Waals surface area contributed by atoms with Crippen molar-refractivity contribution in [3.05, 3.63) is 0 Å². The third kappa shape index (κ3) is 83.2. The Morgan fingerprint density at radius 3 is 0.439 bits per heavy atom. The second kappa shape index (κ2) is 61.3. The summed E-state index contributed by atoms with van der Waals surface area (Å²) in [5, 5.41) is 33.7. The number of unbranched alkanes of at least 4 members (excludes halogenated alkanes) is 32. The Labute approximate surface area is 368 Å². The Kier molecular flexibility index (Phi) is 69.6. The zero-order valence-electron chi connectivity index (χ0n) is 38.2. The Morgan fingerprint density at radius 1 is 0.228 bits per heavy atom. The summed E-state index contributed by atoms with van der Waals surface area (Å²) in [5.41, 5.74) is 0. The predicted molar refractivity (Wildman–Crippen MR) is 238 cm³/mol. The number of carboxylic acids is 4. The molecule has 0 aliphatic carbocycles. The van der Waals surface area contributed by atoms with Crippen molar-refractivity contribution in [2.45, 2.75) is 285 Å². The average molecular weight is 849 g/mol. The van der Waals surface area contributed by atoms with Gasteiger partial charge in [-0.25, -0.2) is 0 Å². The molecular weight excluding hydrogens is 752 g/mol. The summed E-state index contributed by atoms with van der Waals surface area (Å²) in [5.74, 6) is -2.64. The number of carboxylic acid groups (broad SMARTS) is 4. The van der Waals surface area contributed by atoms with Crippen LogP contribution in [0.15, 0.2) is 0 Å². The van der Waals surface area contributed by atoms with E-state index >= 15 is 0 Å². The third-order valence-corrected chi connectivity index (χ3v) is 9.98. The number of hydrogen-bond acceptors (Lipinski definition) is 4. The first-order valence-electron chi connectivity index (χ1n) is 24.0. The first kappa shape index (κ1) is 64.7. The summed E-state index contributed by atoms with van der Waals surface area (Å²) in [6, 6.07) is 0. The molecule has 4 N–H and O–H groups in total. The summed E-state index contributed by atoms with van der Waals surface area (Å²) in [7, 11) is 0. The standard InChI is InChI=1S/4C12H24O2.Ti/c4*1-2-3-4-5-6-7-8-9-10-11-12(13)14;/h4*2-11H2,1H3,(H,13,14);. The molecular formula is C48H96O8Ti. The van der Waals surface area contributed by atoms with Crippen LogP contribution in [0.25, 0.3) is 0 Å². The maximum atomic E-state index is 10.2. The Hall–Kier alpha value is -1.41. The Morgan fingerprint density at radius 2 is 0.333 bits per heavy atom. The van der Waals surface area contributed by atoms with Gasteiger partial charge in [0.1, 0.15) is 0 Å². The fraction of sp³-hybridized carbons (Fsp3) is 0.917. The predicted octanol–water partition coefficient (Wildman–Crippen LogP) is 16.0. The van der Waals surface area contributed by atoms with E-state index in [2.05, 4.69) is 27.7 Å². The van der Waals surface area contributed by atoms with Crippen LogP contribution < -0.4 is 0 Å². The molecule has 0 aromatic rings. The van der Waals surface area contributed by atoms with Gasteiger partial charge < -0.3 is 20.4 Å². The number of rotatable bonds is 40. The van der Waals surface area contributed by atoms with Gasteiger partial charge in [-0.05, 0) is 25.7 Å². The minimum Gasteiger partial charge on any atom is -0.481 e. The fourth-order valence-electron chi connectivity index (χ4n) is 6.35. The molecule has 0 aliphatic heterocycles. The number of carbonyl (C=O) groups is 4. The zero-order chi connectivity index (χ0) is 42.6. The minimum atomic E-state index is -0.659. The van der Waals surface area contributed by atoms with Crippen LogP contribution in [0.2, 0.25) is 0 Å². The van der Waals surface area contributed by atoms with Gasteiger partial charge in [-0.2, -0.15) is 0 Å². The quantitative estimate of drug-likeness (QED) is 0.0352. The number of hydrogen-bond donors (Lipinski definition) is 4. The molecule has 0 saturated carbocycles. The van der Waals surface area contributed by atoms with E-state index in [9.17, 15) is 19.2 Å². The van der Waals surface area contributed by atoms with Crippen LogP contribution >= 0.6 is 0 Å². The van der Waals surface area contributed by atoms with Crippen LogP contribution in [0.1, 0.15) is 285 Å². The molecule has 0 unspecified atom stereocenters. The maximum Gasteiger partial charge on any atom is 0.303 e. The smallest absolute Gasteiger partial charge is 0.303 e. The van der Waals surface area contributed by atoms with Crippen molar-refractivity contribution in [1.82, 2.24) is 0 Å². The maximum absolute atomic E-state index is 10.2. The van der Waals surface area contributed by atoms with Crippen molar-refractivity contribution < 1.29 is 61.3 Å². The van der Waals surface area contributed by atoms with E-state index in [0.29, 0.717) is 25.7 Å². The summed E-state index contributed by atoms with van der Waals surface area (Å²) in [6.07, 6.45) is 45.9. The van der Waals surface area contributed by atoms with E-state index in [1.807, 2.05) is 0 Å². The third-order valence-electron chi connectivity index (χ3n) is 9.98. The molecule has 0 amide bonds. The second-order valence-electron chi connectivity index (χ2n) is 15.9. The molecule has 0 aliphatic rings. The van der Waals surface area contributed by atoms with Crippen LogP contribution in [0.3, 0.4) is 0 Å². The number of aliphatic carboxylic acids is 4. The SMILES string of the molecule is CCCCCCCCCCCC(=O)O.CCCCCCCCCCCC(=O)O.CCCCCCCCCCCC(=O)O.CCCCCCCCCCCC(=O)O.[Ti]. The Balaban J connectivity index is -0.000000210. The molecule has 8 nitrogen and oxygen atoms in total. The van der Waals surface area contributed by atoms with E-state index < -0.39 is 23.9 Å². The fourth-order valence-corrected chi connectivity index (χ4v) is 6.35. The van der Waals surface area contributed by atoms with Gasteiger partial charge in [0.15, 0.2) is 0 Å². The summed E-state index contributed by atoms with van der Waals surface area (Å²) >= 11 is 0. The largest absolute Gasteiger partial charge is 0.481 e. The van der Waals surface area contributed by atoms with Crippen LogP contribution in [-0.4, -0.2) is 44.3 Å². The first-order valence-corrected chi connectivity index (χ1v) is 24.0. The molecule has 0 spiro atoms. The van der Waals surface area contributed by atoms with E-state index in [4.69, 9.17) is 20.4 Å². The van der Waals surface area contributed by atoms with E-state index in [-0.39, 0.29) is 21.7 Å². The van der Waals surface area contributed by atoms with Crippen LogP contribution in [-0.2, 0) is 40.9 Å². The second-order valence-corrected chi connectivity index (χ2v) is 15.9. The van der Waals surface area contributed by atoms with E-state index in [1.54, 1.807) is 0 Å². The van der Waals surface area contributed by atoms with Gasteiger partial charge in [-0.15, -0.1) is 0 Å². The normalized spacial score (nSPS) is 10.2. The van der Waals surface area contributed by atoms with E-state index in [1.165, 1.54) is 180 Å². The van der Waals surface area contributed by atoms with Crippen LogP contribution in [0.4, 0.5) is 0 Å². The molecule has 0 saturated heterocycles. The monoisotopic (exact) mass is 849 g/mol.